The van der Waals surface area contributed by atoms with Crippen LogP contribution in [0.3, 0.4) is 0 Å². The number of nitro benzene ring substituents is 1. The summed E-state index contributed by atoms with van der Waals surface area (Å²) in [6, 6.07) is 26.7. The topological polar surface area (TPSA) is 111 Å². The molecule has 1 N–H and O–H groups in total. The van der Waals surface area contributed by atoms with Gasteiger partial charge in [-0.05, 0) is 62.9 Å². The van der Waals surface area contributed by atoms with Gasteiger partial charge in [-0.2, -0.15) is 0 Å². The molecule has 0 aliphatic carbocycles. The van der Waals surface area contributed by atoms with Gasteiger partial charge in [0.2, 0.25) is 0 Å². The van der Waals surface area contributed by atoms with Crippen molar-refractivity contribution >= 4 is 30.0 Å². The summed E-state index contributed by atoms with van der Waals surface area (Å²) >= 11 is 0. The highest BCUT2D eigenvalue weighted by atomic mass is 35.5. The van der Waals surface area contributed by atoms with E-state index >= 15 is 0 Å². The molecule has 0 saturated carbocycles. The van der Waals surface area contributed by atoms with Gasteiger partial charge >= 0.3 is 11.9 Å². The van der Waals surface area contributed by atoms with E-state index in [1.807, 2.05) is 6.92 Å². The lowest BCUT2D eigenvalue weighted by Crippen LogP contribution is -2.59. The molecule has 2 aliphatic heterocycles. The zero-order valence-electron chi connectivity index (χ0n) is 26.5. The molecule has 46 heavy (non-hydrogen) atoms. The summed E-state index contributed by atoms with van der Waals surface area (Å²) in [6.07, 6.45) is 4.38. The predicted octanol–water partition coefficient (Wildman–Crippen LogP) is 6.17. The van der Waals surface area contributed by atoms with E-state index in [1.165, 1.54) is 30.4 Å². The number of allylic oxidation sites excluding steroid dienone is 2. The van der Waals surface area contributed by atoms with Crippen LogP contribution in [-0.4, -0.2) is 61.2 Å². The molecule has 3 atom stereocenters. The van der Waals surface area contributed by atoms with Gasteiger partial charge in [0.1, 0.15) is 0 Å². The number of nitrogens with zero attached hydrogens (tertiary/aromatic N) is 2. The van der Waals surface area contributed by atoms with Crippen molar-refractivity contribution in [1.82, 2.24) is 10.2 Å². The number of likely N-dealkylation sites (tertiary alicyclic amines) is 1. The van der Waals surface area contributed by atoms with E-state index in [0.717, 1.165) is 38.2 Å². The molecule has 2 aliphatic rings. The largest absolute Gasteiger partial charge is 0.468 e. The summed E-state index contributed by atoms with van der Waals surface area (Å²) < 4.78 is 11.1. The molecule has 0 aromatic heterocycles. The first kappa shape index (κ1) is 34.7. The highest BCUT2D eigenvalue weighted by Crippen LogP contribution is 2.46. The van der Waals surface area contributed by atoms with Gasteiger partial charge in [0.15, 0.2) is 5.41 Å². The quantitative estimate of drug-likeness (QED) is 0.0915. The van der Waals surface area contributed by atoms with E-state index in [2.05, 4.69) is 70.9 Å². The second-order valence-corrected chi connectivity index (χ2v) is 12.0. The highest BCUT2D eigenvalue weighted by Gasteiger charge is 2.60. The van der Waals surface area contributed by atoms with Crippen LogP contribution < -0.4 is 5.32 Å². The first-order chi connectivity index (χ1) is 21.7. The molecule has 2 heterocycles. The standard InChI is InChI=1S/C36H41N3O6.ClH/c1-26-25-32(28-15-17-31(18-16-28)39(42)43)36(27(2)37-26,33(40)44-3)34(41)45-24-10-21-38-22-19-35(20-23-38,29-11-6-4-7-12-29)30-13-8-5-9-14-30;/h4-9,11-18,25,27,32,37H,10,19-24H2,1-3H3;1H. The molecule has 0 bridgehead atoms. The van der Waals surface area contributed by atoms with E-state index in [9.17, 15) is 19.7 Å². The molecule has 1 fully saturated rings. The van der Waals surface area contributed by atoms with Crippen LogP contribution in [0.2, 0.25) is 0 Å². The van der Waals surface area contributed by atoms with Gasteiger partial charge in [0.25, 0.3) is 5.69 Å². The lowest BCUT2D eigenvalue weighted by atomic mass is 9.65. The fourth-order valence-corrected chi connectivity index (χ4v) is 7.17. The van der Waals surface area contributed by atoms with Crippen LogP contribution in [0.1, 0.15) is 55.7 Å². The van der Waals surface area contributed by atoms with Crippen LogP contribution >= 0.6 is 12.4 Å². The Kier molecular flexibility index (Phi) is 11.2. The molecule has 0 radical (unpaired) electrons. The minimum Gasteiger partial charge on any atom is -0.468 e. The average molecular weight is 648 g/mol. The number of piperidine rings is 1. The molecule has 3 aromatic carbocycles. The Labute approximate surface area is 276 Å². The van der Waals surface area contributed by atoms with Crippen LogP contribution in [-0.2, 0) is 24.5 Å². The molecule has 5 rings (SSSR count). The molecule has 3 aromatic rings. The fraction of sp³-hybridized carbons (Fsp3) is 0.389. The number of carbonyl (C=O) groups excluding carboxylic acids is 2. The zero-order valence-corrected chi connectivity index (χ0v) is 27.3. The first-order valence-electron chi connectivity index (χ1n) is 15.5. The number of halogens is 1. The minimum absolute atomic E-state index is 0. The van der Waals surface area contributed by atoms with Crippen LogP contribution in [0.4, 0.5) is 5.69 Å². The predicted molar refractivity (Wildman–Crippen MR) is 179 cm³/mol. The molecule has 0 amide bonds. The summed E-state index contributed by atoms with van der Waals surface area (Å²) in [5, 5.41) is 14.5. The minimum atomic E-state index is -1.71. The Hall–Kier alpha value is -4.21. The third-order valence-corrected chi connectivity index (χ3v) is 9.57. The van der Waals surface area contributed by atoms with Crippen LogP contribution in [0.15, 0.2) is 96.7 Å². The number of esters is 2. The fourth-order valence-electron chi connectivity index (χ4n) is 7.17. The Morgan fingerprint density at radius 1 is 0.935 bits per heavy atom. The Bertz CT molecular complexity index is 1480. The van der Waals surface area contributed by atoms with Crippen molar-refractivity contribution in [3.8, 4) is 0 Å². The van der Waals surface area contributed by atoms with E-state index in [-0.39, 0.29) is 30.1 Å². The number of methoxy groups -OCH3 is 1. The number of benzene rings is 3. The summed E-state index contributed by atoms with van der Waals surface area (Å²) in [5.74, 6) is -2.12. The number of nitrogens with one attached hydrogen (secondary N) is 1. The van der Waals surface area contributed by atoms with Gasteiger partial charge < -0.3 is 19.7 Å². The SMILES string of the molecule is COC(=O)C1(C(=O)OCCCN2CCC(c3ccccc3)(c3ccccc3)CC2)C(C)NC(C)=CC1c1ccc([N+](=O)[O-])cc1.Cl. The van der Waals surface area contributed by atoms with E-state index in [0.29, 0.717) is 12.0 Å². The number of nitro groups is 1. The van der Waals surface area contributed by atoms with Crippen LogP contribution in [0.5, 0.6) is 0 Å². The lowest BCUT2D eigenvalue weighted by Gasteiger charge is -2.43. The second kappa shape index (κ2) is 14.9. The highest BCUT2D eigenvalue weighted by molar-refractivity contribution is 6.03. The maximum atomic E-state index is 13.9. The number of rotatable bonds is 10. The number of carbonyl (C=O) groups is 2. The summed E-state index contributed by atoms with van der Waals surface area (Å²) in [5.41, 5.74) is 2.21. The van der Waals surface area contributed by atoms with Crippen molar-refractivity contribution in [2.24, 2.45) is 5.41 Å². The van der Waals surface area contributed by atoms with Crippen LogP contribution in [0.25, 0.3) is 0 Å². The number of hydrogen-bond donors (Lipinski definition) is 1. The van der Waals surface area contributed by atoms with Gasteiger partial charge in [-0.15, -0.1) is 12.4 Å². The number of hydrogen-bond acceptors (Lipinski definition) is 8. The second-order valence-electron chi connectivity index (χ2n) is 12.0. The van der Waals surface area contributed by atoms with E-state index in [4.69, 9.17) is 9.47 Å². The van der Waals surface area contributed by atoms with E-state index in [1.54, 1.807) is 25.1 Å². The van der Waals surface area contributed by atoms with Gasteiger partial charge in [-0.1, -0.05) is 78.9 Å². The van der Waals surface area contributed by atoms with Crippen molar-refractivity contribution in [2.45, 2.75) is 50.5 Å². The molecule has 244 valence electrons. The third kappa shape index (κ3) is 6.66. The van der Waals surface area contributed by atoms with Crippen molar-refractivity contribution in [1.29, 1.82) is 0 Å². The average Bonchev–Trinajstić information content (AvgIpc) is 3.07. The summed E-state index contributed by atoms with van der Waals surface area (Å²) in [7, 11) is 1.25. The zero-order chi connectivity index (χ0) is 32.0. The summed E-state index contributed by atoms with van der Waals surface area (Å²) in [4.78, 5) is 40.6. The van der Waals surface area contributed by atoms with Crippen molar-refractivity contribution in [3.63, 3.8) is 0 Å². The maximum absolute atomic E-state index is 13.9. The lowest BCUT2D eigenvalue weighted by molar-refractivity contribution is -0.384. The number of ether oxygens (including phenoxy) is 2. The maximum Gasteiger partial charge on any atom is 0.326 e. The smallest absolute Gasteiger partial charge is 0.326 e. The Balaban J connectivity index is 0.00000480. The first-order valence-corrected chi connectivity index (χ1v) is 15.5. The molecule has 9 nitrogen and oxygen atoms in total. The molecule has 10 heteroatoms. The van der Waals surface area contributed by atoms with Gasteiger partial charge in [0, 0.05) is 35.7 Å². The Morgan fingerprint density at radius 2 is 1.50 bits per heavy atom. The molecule has 3 unspecified atom stereocenters. The number of non-ortho nitro benzene ring substituents is 1. The van der Waals surface area contributed by atoms with Crippen molar-refractivity contribution in [2.75, 3.05) is 33.4 Å². The van der Waals surface area contributed by atoms with Crippen molar-refractivity contribution < 1.29 is 24.0 Å². The van der Waals surface area contributed by atoms with Gasteiger partial charge in [0.05, 0.1) is 24.7 Å². The van der Waals surface area contributed by atoms with Crippen molar-refractivity contribution in [3.05, 3.63) is 124 Å². The third-order valence-electron chi connectivity index (χ3n) is 9.57. The molecular formula is C36H42ClN3O6. The van der Waals surface area contributed by atoms with Gasteiger partial charge in [-0.25, -0.2) is 0 Å². The van der Waals surface area contributed by atoms with E-state index < -0.39 is 34.2 Å². The van der Waals surface area contributed by atoms with Gasteiger partial charge in [-0.3, -0.25) is 19.7 Å². The van der Waals surface area contributed by atoms with Crippen LogP contribution in [0, 0.1) is 15.5 Å². The molecular weight excluding hydrogens is 606 g/mol. The Morgan fingerprint density at radius 3 is 2.02 bits per heavy atom. The normalized spacial score (nSPS) is 22.4. The molecule has 1 saturated heterocycles. The summed E-state index contributed by atoms with van der Waals surface area (Å²) in [6.45, 7) is 6.35. The molecule has 0 spiro atoms. The monoisotopic (exact) mass is 647 g/mol.